The lowest BCUT2D eigenvalue weighted by Gasteiger charge is -2.52. The van der Waals surface area contributed by atoms with E-state index in [1.807, 2.05) is 0 Å². The molecule has 5 saturated heterocycles. The number of carboxylic acids is 1. The summed E-state index contributed by atoms with van der Waals surface area (Å²) in [6.45, 7) is -2.37. The van der Waals surface area contributed by atoms with Crippen molar-refractivity contribution in [1.82, 2.24) is 16.0 Å². The number of nitrogens with one attached hydrogen (secondary N) is 3. The topological polar surface area (TPSA) is 567 Å². The zero-order chi connectivity index (χ0) is 76.4. The van der Waals surface area contributed by atoms with Gasteiger partial charge in [-0.05, 0) is 18.1 Å². The van der Waals surface area contributed by atoms with E-state index in [0.717, 1.165) is 58.1 Å². The van der Waals surface area contributed by atoms with Crippen molar-refractivity contribution in [3.8, 4) is 0 Å². The van der Waals surface area contributed by atoms with Crippen LogP contribution in [0.2, 0.25) is 0 Å². The van der Waals surface area contributed by atoms with Crippen molar-refractivity contribution in [3.63, 3.8) is 0 Å². The molecule has 28 atom stereocenters. The van der Waals surface area contributed by atoms with Crippen LogP contribution in [-0.4, -0.2) is 327 Å². The second kappa shape index (κ2) is 44.1. The molecule has 0 aromatic heterocycles. The van der Waals surface area contributed by atoms with Crippen LogP contribution in [0.15, 0.2) is 42.5 Å². The number of benzene rings is 1. The number of hydrogen-bond donors (Lipinski definition) is 20. The summed E-state index contributed by atoms with van der Waals surface area (Å²) in [5.41, 5.74) is 0.671. The summed E-state index contributed by atoms with van der Waals surface area (Å²) in [7, 11) is 0. The molecule has 0 spiro atoms. The third kappa shape index (κ3) is 24.9. The Morgan fingerprint density at radius 2 is 1.07 bits per heavy atom. The average molecular weight is 1500 g/mol. The predicted octanol–water partition coefficient (Wildman–Crippen LogP) is -5.00. The first-order valence-corrected chi connectivity index (χ1v) is 35.7. The zero-order valence-electron chi connectivity index (χ0n) is 58.7. The van der Waals surface area contributed by atoms with Crippen LogP contribution in [0.5, 0.6) is 0 Å². The molecular weight excluding hydrogens is 1390 g/mol. The van der Waals surface area contributed by atoms with Crippen molar-refractivity contribution in [2.24, 2.45) is 0 Å². The fraction of sp³-hybridized carbons (Fsp3) is 0.809. The van der Waals surface area contributed by atoms with Crippen molar-refractivity contribution < 1.29 is 163 Å². The summed E-state index contributed by atoms with van der Waals surface area (Å²) >= 11 is 0. The molecule has 5 fully saturated rings. The van der Waals surface area contributed by atoms with E-state index in [2.05, 4.69) is 22.9 Å². The maximum absolute atomic E-state index is 13.8. The van der Waals surface area contributed by atoms with Gasteiger partial charge in [0.05, 0.1) is 63.9 Å². The first-order valence-electron chi connectivity index (χ1n) is 35.7. The number of esters is 1. The van der Waals surface area contributed by atoms with Crippen molar-refractivity contribution in [3.05, 3.63) is 48.0 Å². The number of carboxylic acid groups (broad SMARTS) is 1. The highest BCUT2D eigenvalue weighted by atomic mass is 16.8. The molecule has 0 saturated carbocycles. The van der Waals surface area contributed by atoms with Crippen molar-refractivity contribution >= 4 is 29.7 Å². The van der Waals surface area contributed by atoms with E-state index in [4.69, 9.17) is 52.1 Å². The van der Waals surface area contributed by atoms with E-state index >= 15 is 0 Å². The summed E-state index contributed by atoms with van der Waals surface area (Å²) in [5.74, 6) is -8.79. The first-order chi connectivity index (χ1) is 49.7. The molecule has 3 amide bonds. The molecule has 1 aromatic carbocycles. The Morgan fingerprint density at radius 1 is 0.567 bits per heavy atom. The summed E-state index contributed by atoms with van der Waals surface area (Å²) in [6.07, 6.45) is -33.4. The molecule has 0 aliphatic carbocycles. The standard InChI is InChI=1S/C68H111N3O33/c1-4-5-6-7-8-9-10-11-12-13-14-15-16-17-21-24-46(82)71-38(39(79)25-26-47(83)94-33-37-22-19-18-20-23-37)34-95-64-56(90)54(88)58(44(31-75)98-64)100-66-57(91)62(104-68(67(92)93)27-40(80)48(69-35(2)77)61(103-68)50(84)41(81)28-72)59(45(32-76)99-66)101-63-49(70-36(3)78)60(52(86)43(30-74)96-63)102-65-55(89)53(87)51(85)42(29-73)97-65/h18-20,22-23,25-26,38-45,48-66,72-76,79-81,84-91H,4-17,21,24,27-34H2,1-3H3,(H,69,77)(H,70,78)(H,71,82)(H,92,93)/b26-25+/t38-,39+,40-,41+,42+,43+,44+,45+,48?,49+,50+,51-,52-,53-,54+,55+,56+,57+,58+,59-,60+,61?,62+,63-,64+,65-,66-,68-/m0/s1. The third-order valence-corrected chi connectivity index (χ3v) is 18.9. The van der Waals surface area contributed by atoms with Crippen LogP contribution in [-0.2, 0) is 82.7 Å². The number of rotatable bonds is 43. The Bertz CT molecular complexity index is 2730. The number of aliphatic carboxylic acids is 1. The van der Waals surface area contributed by atoms with E-state index in [-0.39, 0.29) is 13.0 Å². The van der Waals surface area contributed by atoms with Gasteiger partial charge in [0.1, 0.15) is 123 Å². The Balaban J connectivity index is 1.25. The predicted molar refractivity (Wildman–Crippen MR) is 354 cm³/mol. The van der Waals surface area contributed by atoms with E-state index in [0.29, 0.717) is 12.0 Å². The molecule has 5 aliphatic heterocycles. The number of carbonyl (C=O) groups is 5. The maximum atomic E-state index is 13.8. The normalized spacial score (nSPS) is 35.1. The van der Waals surface area contributed by atoms with Gasteiger partial charge in [0.15, 0.2) is 25.2 Å². The zero-order valence-corrected chi connectivity index (χ0v) is 58.7. The van der Waals surface area contributed by atoms with Crippen molar-refractivity contribution in [2.75, 3.05) is 39.6 Å². The molecule has 1 aromatic rings. The van der Waals surface area contributed by atoms with Crippen LogP contribution in [0.4, 0.5) is 0 Å². The van der Waals surface area contributed by atoms with Crippen LogP contribution in [0.1, 0.15) is 135 Å². The fourth-order valence-electron chi connectivity index (χ4n) is 13.1. The highest BCUT2D eigenvalue weighted by Crippen LogP contribution is 2.41. The monoisotopic (exact) mass is 1500 g/mol. The van der Waals surface area contributed by atoms with Gasteiger partial charge in [-0.1, -0.05) is 127 Å². The van der Waals surface area contributed by atoms with Gasteiger partial charge in [-0.15, -0.1) is 0 Å². The molecule has 596 valence electrons. The van der Waals surface area contributed by atoms with Crippen LogP contribution in [0, 0.1) is 0 Å². The fourth-order valence-corrected chi connectivity index (χ4v) is 13.1. The Hall–Kier alpha value is -4.73. The van der Waals surface area contributed by atoms with E-state index in [9.17, 15) is 111 Å². The largest absolute Gasteiger partial charge is 0.477 e. The number of aliphatic hydroxyl groups excluding tert-OH is 16. The van der Waals surface area contributed by atoms with Gasteiger partial charge in [0.2, 0.25) is 17.7 Å². The molecule has 36 nitrogen and oxygen atoms in total. The Kier molecular flexibility index (Phi) is 37.4. The molecule has 5 heterocycles. The molecule has 0 radical (unpaired) electrons. The van der Waals surface area contributed by atoms with Crippen molar-refractivity contribution in [2.45, 2.75) is 308 Å². The SMILES string of the molecule is CCCCCCCCCCCCCCCCCC(=O)N[C@@H](CO[C@@H]1O[C@H](CO)[C@@H](O[C@@H]2O[C@H](CO)[C@H](O[C@@H]3O[C@H](CO)[C@H](O)[C@H](O[C@@H]4O[C@H](CO)[C@H](O)[C@H](O)[C@H]4O)[C@H]3NC(C)=O)[C@H](O[C@]3(C(=O)O)C[C@H](O)C(NC(C)=O)C([C@H](O)[C@H](O)CO)O3)[C@H]2O)[C@H](O)[C@H]1O)[C@H](O)/C=C/C(=O)OCc1ccccc1. The summed E-state index contributed by atoms with van der Waals surface area (Å²) in [5, 5.41) is 196. The molecule has 104 heavy (non-hydrogen) atoms. The Labute approximate surface area is 602 Å². The Morgan fingerprint density at radius 3 is 1.63 bits per heavy atom. The smallest absolute Gasteiger partial charge is 0.364 e. The number of amides is 3. The molecule has 5 aliphatic rings. The first kappa shape index (κ1) is 88.2. The van der Waals surface area contributed by atoms with E-state index in [1.165, 1.54) is 57.8 Å². The molecular formula is C68H111N3O33. The highest BCUT2D eigenvalue weighted by molar-refractivity contribution is 5.82. The van der Waals surface area contributed by atoms with Crippen molar-refractivity contribution in [1.29, 1.82) is 0 Å². The quantitative estimate of drug-likeness (QED) is 0.0165. The summed E-state index contributed by atoms with van der Waals surface area (Å²) in [6, 6.07) is 3.62. The number of ether oxygens (including phenoxy) is 11. The molecule has 36 heteroatoms. The minimum absolute atomic E-state index is 0.0239. The van der Waals surface area contributed by atoms with Gasteiger partial charge in [0, 0.05) is 32.8 Å². The minimum Gasteiger partial charge on any atom is -0.477 e. The van der Waals surface area contributed by atoms with E-state index in [1.54, 1.807) is 30.3 Å². The average Bonchev–Trinajstić information content (AvgIpc) is 0.953. The highest BCUT2D eigenvalue weighted by Gasteiger charge is 2.62. The van der Waals surface area contributed by atoms with E-state index < -0.39 is 247 Å². The number of unbranched alkanes of at least 4 members (excludes halogenated alkanes) is 14. The summed E-state index contributed by atoms with van der Waals surface area (Å²) < 4.78 is 64.9. The van der Waals surface area contributed by atoms with Gasteiger partial charge >= 0.3 is 11.9 Å². The molecule has 0 bridgehead atoms. The van der Waals surface area contributed by atoms with Gasteiger partial charge in [0.25, 0.3) is 5.79 Å². The second-order valence-corrected chi connectivity index (χ2v) is 27.0. The van der Waals surface area contributed by atoms with Gasteiger partial charge in [-0.25, -0.2) is 9.59 Å². The third-order valence-electron chi connectivity index (χ3n) is 18.9. The van der Waals surface area contributed by atoms with Crippen LogP contribution < -0.4 is 16.0 Å². The second-order valence-electron chi connectivity index (χ2n) is 27.0. The maximum Gasteiger partial charge on any atom is 0.364 e. The lowest BCUT2D eigenvalue weighted by molar-refractivity contribution is -0.403. The van der Waals surface area contributed by atoms with Crippen LogP contribution in [0.25, 0.3) is 0 Å². The van der Waals surface area contributed by atoms with Crippen LogP contribution >= 0.6 is 0 Å². The number of hydrogen-bond acceptors (Lipinski definition) is 32. The minimum atomic E-state index is -3.41. The van der Waals surface area contributed by atoms with Gasteiger partial charge < -0.3 is 155 Å². The number of carbonyl (C=O) groups excluding carboxylic acids is 4. The molecule has 2 unspecified atom stereocenters. The molecule has 20 N–H and O–H groups in total. The lowest BCUT2D eigenvalue weighted by atomic mass is 9.88. The lowest BCUT2D eigenvalue weighted by Crippen LogP contribution is -2.72. The van der Waals surface area contributed by atoms with Gasteiger partial charge in [-0.2, -0.15) is 0 Å². The molecule has 6 rings (SSSR count). The van der Waals surface area contributed by atoms with Crippen LogP contribution in [0.3, 0.4) is 0 Å². The van der Waals surface area contributed by atoms with Gasteiger partial charge in [-0.3, -0.25) is 14.4 Å². The number of aliphatic hydroxyl groups is 16. The summed E-state index contributed by atoms with van der Waals surface area (Å²) in [4.78, 5) is 65.6.